The molecule has 5 heteroatoms. The van der Waals surface area contributed by atoms with Gasteiger partial charge in [-0.3, -0.25) is 9.59 Å². The van der Waals surface area contributed by atoms with E-state index in [9.17, 15) is 9.59 Å². The molecule has 25 heavy (non-hydrogen) atoms. The zero-order valence-corrected chi connectivity index (χ0v) is 14.6. The number of H-pyrrole nitrogens is 1. The summed E-state index contributed by atoms with van der Waals surface area (Å²) in [4.78, 5) is 34.2. The number of nitrogens with one attached hydrogen (secondary N) is 1. The number of carbonyl (C=O) groups is 1. The minimum atomic E-state index is -0.187. The van der Waals surface area contributed by atoms with Crippen molar-refractivity contribution in [1.29, 1.82) is 0 Å². The van der Waals surface area contributed by atoms with Crippen LogP contribution < -0.4 is 5.56 Å². The number of amides is 1. The fourth-order valence-electron chi connectivity index (χ4n) is 2.83. The van der Waals surface area contributed by atoms with E-state index < -0.39 is 0 Å². The second-order valence-corrected chi connectivity index (χ2v) is 6.37. The van der Waals surface area contributed by atoms with Crippen molar-refractivity contribution in [3.63, 3.8) is 0 Å². The largest absolute Gasteiger partial charge is 0.329 e. The van der Waals surface area contributed by atoms with Gasteiger partial charge in [0, 0.05) is 11.6 Å². The van der Waals surface area contributed by atoms with Crippen molar-refractivity contribution in [3.8, 4) is 0 Å². The number of para-hydroxylation sites is 1. The standard InChI is InChI=1S/C20H21N3O2/c1-13(2)23(20(25)15-9-5-4-8-14(15)3)12-18-21-17-11-7-6-10-16(17)19(24)22-18/h4-11,13H,12H2,1-3H3,(H,21,22,24). The van der Waals surface area contributed by atoms with E-state index in [1.54, 1.807) is 23.1 Å². The second kappa shape index (κ2) is 6.89. The predicted molar refractivity (Wildman–Crippen MR) is 98.6 cm³/mol. The molecule has 0 bridgehead atoms. The summed E-state index contributed by atoms with van der Waals surface area (Å²) in [6, 6.07) is 14.7. The average Bonchev–Trinajstić information content (AvgIpc) is 2.59. The Hall–Kier alpha value is -2.95. The zero-order chi connectivity index (χ0) is 18.0. The van der Waals surface area contributed by atoms with Crippen molar-refractivity contribution in [2.45, 2.75) is 33.4 Å². The van der Waals surface area contributed by atoms with Crippen molar-refractivity contribution in [1.82, 2.24) is 14.9 Å². The van der Waals surface area contributed by atoms with Crippen LogP contribution >= 0.6 is 0 Å². The number of carbonyl (C=O) groups excluding carboxylic acids is 1. The van der Waals surface area contributed by atoms with Crippen molar-refractivity contribution in [2.75, 3.05) is 0 Å². The highest BCUT2D eigenvalue weighted by Gasteiger charge is 2.21. The molecule has 3 rings (SSSR count). The molecule has 0 saturated heterocycles. The number of aromatic nitrogens is 2. The van der Waals surface area contributed by atoms with Crippen LogP contribution in [0.3, 0.4) is 0 Å². The number of rotatable bonds is 4. The zero-order valence-electron chi connectivity index (χ0n) is 14.6. The van der Waals surface area contributed by atoms with Crippen LogP contribution in [0.25, 0.3) is 10.9 Å². The van der Waals surface area contributed by atoms with Crippen molar-refractivity contribution in [2.24, 2.45) is 0 Å². The Morgan fingerprint density at radius 3 is 2.52 bits per heavy atom. The summed E-state index contributed by atoms with van der Waals surface area (Å²) in [5, 5.41) is 0.549. The number of fused-ring (bicyclic) bond motifs is 1. The van der Waals surface area contributed by atoms with Crippen LogP contribution in [0.4, 0.5) is 0 Å². The summed E-state index contributed by atoms with van der Waals surface area (Å²) in [6.07, 6.45) is 0. The molecule has 0 aliphatic rings. The average molecular weight is 335 g/mol. The molecule has 1 N–H and O–H groups in total. The van der Waals surface area contributed by atoms with E-state index in [4.69, 9.17) is 0 Å². The first-order valence-electron chi connectivity index (χ1n) is 8.32. The Morgan fingerprint density at radius 2 is 1.80 bits per heavy atom. The minimum Gasteiger partial charge on any atom is -0.329 e. The molecule has 1 aromatic heterocycles. The molecule has 0 saturated carbocycles. The molecule has 0 unspecified atom stereocenters. The maximum absolute atomic E-state index is 13.0. The summed E-state index contributed by atoms with van der Waals surface area (Å²) < 4.78 is 0. The van der Waals surface area contributed by atoms with Gasteiger partial charge in [0.1, 0.15) is 5.82 Å². The van der Waals surface area contributed by atoms with Crippen LogP contribution in [-0.4, -0.2) is 26.8 Å². The van der Waals surface area contributed by atoms with Crippen molar-refractivity contribution >= 4 is 16.8 Å². The molecule has 2 aromatic carbocycles. The number of nitrogens with zero attached hydrogens (tertiary/aromatic N) is 2. The molecule has 3 aromatic rings. The van der Waals surface area contributed by atoms with Crippen LogP contribution in [0.2, 0.25) is 0 Å². The van der Waals surface area contributed by atoms with Gasteiger partial charge < -0.3 is 9.88 Å². The van der Waals surface area contributed by atoms with Crippen molar-refractivity contribution < 1.29 is 4.79 Å². The topological polar surface area (TPSA) is 66.1 Å². The molecular weight excluding hydrogens is 314 g/mol. The molecule has 5 nitrogen and oxygen atoms in total. The first-order chi connectivity index (χ1) is 12.0. The first-order valence-corrected chi connectivity index (χ1v) is 8.32. The smallest absolute Gasteiger partial charge is 0.258 e. The third-order valence-corrected chi connectivity index (χ3v) is 4.24. The quantitative estimate of drug-likeness (QED) is 0.796. The van der Waals surface area contributed by atoms with Gasteiger partial charge in [0.25, 0.3) is 11.5 Å². The lowest BCUT2D eigenvalue weighted by atomic mass is 10.1. The normalized spacial score (nSPS) is 11.0. The summed E-state index contributed by atoms with van der Waals surface area (Å²) >= 11 is 0. The Bertz CT molecular complexity index is 976. The summed E-state index contributed by atoms with van der Waals surface area (Å²) in [5.74, 6) is 0.420. The van der Waals surface area contributed by atoms with Crippen LogP contribution in [-0.2, 0) is 6.54 Å². The molecular formula is C20H21N3O2. The molecule has 0 atom stereocenters. The lowest BCUT2D eigenvalue weighted by molar-refractivity contribution is 0.0684. The monoisotopic (exact) mass is 335 g/mol. The van der Waals surface area contributed by atoms with E-state index in [0.717, 1.165) is 5.56 Å². The Kier molecular flexibility index (Phi) is 4.65. The SMILES string of the molecule is Cc1ccccc1C(=O)N(Cc1nc2ccccc2c(=O)[nH]1)C(C)C. The van der Waals surface area contributed by atoms with Gasteiger partial charge in [-0.25, -0.2) is 4.98 Å². The molecule has 1 heterocycles. The summed E-state index contributed by atoms with van der Waals surface area (Å²) in [7, 11) is 0. The van der Waals surface area contributed by atoms with E-state index in [1.165, 1.54) is 0 Å². The number of hydrogen-bond donors (Lipinski definition) is 1. The molecule has 0 aliphatic carbocycles. The fourth-order valence-corrected chi connectivity index (χ4v) is 2.83. The maximum Gasteiger partial charge on any atom is 0.258 e. The molecule has 0 fully saturated rings. The van der Waals surface area contributed by atoms with Gasteiger partial charge in [-0.15, -0.1) is 0 Å². The van der Waals surface area contributed by atoms with Gasteiger partial charge >= 0.3 is 0 Å². The van der Waals surface area contributed by atoms with Gasteiger partial charge in [0.15, 0.2) is 0 Å². The van der Waals surface area contributed by atoms with Crippen LogP contribution in [0, 0.1) is 6.92 Å². The highest BCUT2D eigenvalue weighted by atomic mass is 16.2. The number of benzene rings is 2. The van der Waals surface area contributed by atoms with Gasteiger partial charge in [-0.1, -0.05) is 30.3 Å². The van der Waals surface area contributed by atoms with Crippen LogP contribution in [0.5, 0.6) is 0 Å². The molecule has 0 radical (unpaired) electrons. The number of hydrogen-bond acceptors (Lipinski definition) is 3. The van der Waals surface area contributed by atoms with Gasteiger partial charge in [-0.05, 0) is 44.5 Å². The number of aromatic amines is 1. The fraction of sp³-hybridized carbons (Fsp3) is 0.250. The second-order valence-electron chi connectivity index (χ2n) is 6.37. The molecule has 0 spiro atoms. The van der Waals surface area contributed by atoms with Crippen molar-refractivity contribution in [3.05, 3.63) is 75.8 Å². The molecule has 1 amide bonds. The van der Waals surface area contributed by atoms with E-state index in [0.29, 0.717) is 22.3 Å². The van der Waals surface area contributed by atoms with Gasteiger partial charge in [0.05, 0.1) is 17.4 Å². The van der Waals surface area contributed by atoms with Crippen LogP contribution in [0.1, 0.15) is 35.6 Å². The van der Waals surface area contributed by atoms with Gasteiger partial charge in [0.2, 0.25) is 0 Å². The van der Waals surface area contributed by atoms with E-state index in [1.807, 2.05) is 51.1 Å². The predicted octanol–water partition coefficient (Wildman–Crippen LogP) is 3.28. The van der Waals surface area contributed by atoms with Gasteiger partial charge in [-0.2, -0.15) is 0 Å². The highest BCUT2D eigenvalue weighted by molar-refractivity contribution is 5.95. The summed E-state index contributed by atoms with van der Waals surface area (Å²) in [5.41, 5.74) is 2.04. The molecule has 0 aliphatic heterocycles. The Morgan fingerprint density at radius 1 is 1.12 bits per heavy atom. The number of aryl methyl sites for hydroxylation is 1. The van der Waals surface area contributed by atoms with E-state index in [-0.39, 0.29) is 24.1 Å². The van der Waals surface area contributed by atoms with E-state index in [2.05, 4.69) is 9.97 Å². The highest BCUT2D eigenvalue weighted by Crippen LogP contribution is 2.15. The lowest BCUT2D eigenvalue weighted by Gasteiger charge is -2.27. The third kappa shape index (κ3) is 3.45. The van der Waals surface area contributed by atoms with E-state index >= 15 is 0 Å². The Labute approximate surface area is 146 Å². The minimum absolute atomic E-state index is 0.0242. The molecule has 128 valence electrons. The van der Waals surface area contributed by atoms with Crippen LogP contribution in [0.15, 0.2) is 53.3 Å². The maximum atomic E-state index is 13.0. The third-order valence-electron chi connectivity index (χ3n) is 4.24. The lowest BCUT2D eigenvalue weighted by Crippen LogP contribution is -2.37. The first kappa shape index (κ1) is 16.9. The summed E-state index contributed by atoms with van der Waals surface area (Å²) in [6.45, 7) is 6.08. The Balaban J connectivity index is 1.97.